The zero-order chi connectivity index (χ0) is 14.6. The molecule has 106 valence electrons. The van der Waals surface area contributed by atoms with Crippen LogP contribution < -0.4 is 5.73 Å². The van der Waals surface area contributed by atoms with E-state index in [1.165, 1.54) is 24.3 Å². The number of hydrogen-bond acceptors (Lipinski definition) is 2. The molecule has 0 bridgehead atoms. The van der Waals surface area contributed by atoms with Crippen molar-refractivity contribution in [3.8, 4) is 11.4 Å². The highest BCUT2D eigenvalue weighted by atomic mass is 19.1. The number of aromatic nitrogens is 2. The lowest BCUT2D eigenvalue weighted by Gasteiger charge is -2.09. The molecule has 1 aromatic heterocycles. The smallest absolute Gasteiger partial charge is 0.144 e. The van der Waals surface area contributed by atoms with Gasteiger partial charge in [-0.25, -0.2) is 13.8 Å². The van der Waals surface area contributed by atoms with E-state index in [2.05, 4.69) is 4.98 Å². The van der Waals surface area contributed by atoms with Gasteiger partial charge in [-0.3, -0.25) is 0 Å². The summed E-state index contributed by atoms with van der Waals surface area (Å²) in [5.74, 6) is -0.173. The average Bonchev–Trinajstić information content (AvgIpc) is 3.22. The highest BCUT2D eigenvalue weighted by Gasteiger charge is 2.29. The average molecular weight is 285 g/mol. The number of nitrogens with zero attached hydrogens (tertiary/aromatic N) is 2. The Morgan fingerprint density at radius 1 is 1.10 bits per heavy atom. The van der Waals surface area contributed by atoms with Crippen LogP contribution in [0, 0.1) is 11.6 Å². The number of fused-ring (bicyclic) bond motifs is 1. The van der Waals surface area contributed by atoms with E-state index in [9.17, 15) is 8.78 Å². The highest BCUT2D eigenvalue weighted by molar-refractivity contribution is 5.81. The lowest BCUT2D eigenvalue weighted by atomic mass is 10.1. The van der Waals surface area contributed by atoms with Gasteiger partial charge in [-0.05, 0) is 49.2 Å². The maximum absolute atomic E-state index is 14.1. The van der Waals surface area contributed by atoms with Gasteiger partial charge in [-0.2, -0.15) is 0 Å². The second kappa shape index (κ2) is 4.28. The molecule has 1 aliphatic rings. The molecule has 0 radical (unpaired) electrons. The normalized spacial score (nSPS) is 14.8. The minimum absolute atomic E-state index is 0.257. The zero-order valence-electron chi connectivity index (χ0n) is 11.2. The first kappa shape index (κ1) is 12.3. The number of anilines is 1. The van der Waals surface area contributed by atoms with Gasteiger partial charge in [0, 0.05) is 11.7 Å². The number of nitrogens with two attached hydrogens (primary N) is 1. The third-order valence-corrected chi connectivity index (χ3v) is 3.79. The molecule has 0 amide bonds. The number of nitrogen functional groups attached to an aromatic ring is 1. The summed E-state index contributed by atoms with van der Waals surface area (Å²) in [6.07, 6.45) is 2.00. The molecule has 1 heterocycles. The molecule has 1 saturated carbocycles. The summed E-state index contributed by atoms with van der Waals surface area (Å²) < 4.78 is 29.6. The largest absolute Gasteiger partial charge is 0.399 e. The van der Waals surface area contributed by atoms with Crippen LogP contribution in [0.1, 0.15) is 18.9 Å². The van der Waals surface area contributed by atoms with Crippen LogP contribution in [0.3, 0.4) is 0 Å². The third-order valence-electron chi connectivity index (χ3n) is 3.79. The van der Waals surface area contributed by atoms with Crippen molar-refractivity contribution in [2.45, 2.75) is 18.9 Å². The first-order chi connectivity index (χ1) is 10.1. The molecular weight excluding hydrogens is 272 g/mol. The minimum Gasteiger partial charge on any atom is -0.399 e. The SMILES string of the molecule is Nc1ccc(F)c(-c2nc3ccc(F)cc3n2C2CC2)c1. The van der Waals surface area contributed by atoms with Crippen LogP contribution >= 0.6 is 0 Å². The van der Waals surface area contributed by atoms with Crippen LogP contribution in [0.15, 0.2) is 36.4 Å². The van der Waals surface area contributed by atoms with E-state index in [1.807, 2.05) is 4.57 Å². The van der Waals surface area contributed by atoms with Crippen LogP contribution in [0.2, 0.25) is 0 Å². The number of halogens is 2. The van der Waals surface area contributed by atoms with Crippen LogP contribution in [0.5, 0.6) is 0 Å². The van der Waals surface area contributed by atoms with Gasteiger partial charge in [-0.15, -0.1) is 0 Å². The fourth-order valence-corrected chi connectivity index (χ4v) is 2.67. The standard InChI is InChI=1S/C16H13F2N3/c17-9-1-6-14-15(7-9)21(11-3-4-11)16(20-14)12-8-10(19)2-5-13(12)18/h1-2,5-8,11H,3-4,19H2. The molecule has 4 rings (SSSR count). The van der Waals surface area contributed by atoms with Crippen molar-refractivity contribution in [1.82, 2.24) is 9.55 Å². The second-order valence-corrected chi connectivity index (χ2v) is 5.41. The van der Waals surface area contributed by atoms with Gasteiger partial charge < -0.3 is 10.3 Å². The molecule has 21 heavy (non-hydrogen) atoms. The van der Waals surface area contributed by atoms with Gasteiger partial charge in [0.05, 0.1) is 16.6 Å². The molecule has 5 heteroatoms. The Morgan fingerprint density at radius 2 is 1.90 bits per heavy atom. The van der Waals surface area contributed by atoms with Gasteiger partial charge >= 0.3 is 0 Å². The van der Waals surface area contributed by atoms with Crippen molar-refractivity contribution in [2.24, 2.45) is 0 Å². The van der Waals surface area contributed by atoms with Crippen molar-refractivity contribution >= 4 is 16.7 Å². The number of rotatable bonds is 2. The molecule has 0 unspecified atom stereocenters. The molecule has 0 aliphatic heterocycles. The molecule has 2 aromatic carbocycles. The molecule has 1 aliphatic carbocycles. The molecule has 3 aromatic rings. The van der Waals surface area contributed by atoms with Crippen LogP contribution in [0.25, 0.3) is 22.4 Å². The Bertz CT molecular complexity index is 850. The maximum Gasteiger partial charge on any atom is 0.144 e. The van der Waals surface area contributed by atoms with Crippen LogP contribution in [0.4, 0.5) is 14.5 Å². The Hall–Kier alpha value is -2.43. The third kappa shape index (κ3) is 1.96. The quantitative estimate of drug-likeness (QED) is 0.726. The summed E-state index contributed by atoms with van der Waals surface area (Å²) in [7, 11) is 0. The van der Waals surface area contributed by atoms with Crippen molar-refractivity contribution in [3.05, 3.63) is 48.0 Å². The van der Waals surface area contributed by atoms with E-state index >= 15 is 0 Å². The highest BCUT2D eigenvalue weighted by Crippen LogP contribution is 2.42. The van der Waals surface area contributed by atoms with Gasteiger partial charge in [0.15, 0.2) is 0 Å². The summed E-state index contributed by atoms with van der Waals surface area (Å²) in [6, 6.07) is 9.13. The molecular formula is C16H13F2N3. The molecule has 0 atom stereocenters. The maximum atomic E-state index is 14.1. The number of hydrogen-bond donors (Lipinski definition) is 1. The molecule has 0 saturated heterocycles. The summed E-state index contributed by atoms with van der Waals surface area (Å²) in [5, 5.41) is 0. The minimum atomic E-state index is -0.373. The summed E-state index contributed by atoms with van der Waals surface area (Å²) in [5.41, 5.74) is 7.97. The van der Waals surface area contributed by atoms with Crippen molar-refractivity contribution in [2.75, 3.05) is 5.73 Å². The summed E-state index contributed by atoms with van der Waals surface area (Å²) in [6.45, 7) is 0. The van der Waals surface area contributed by atoms with E-state index < -0.39 is 0 Å². The molecule has 0 spiro atoms. The summed E-state index contributed by atoms with van der Waals surface area (Å²) in [4.78, 5) is 4.49. The number of imidazole rings is 1. The van der Waals surface area contributed by atoms with Crippen molar-refractivity contribution in [1.29, 1.82) is 0 Å². The predicted octanol–water partition coefficient (Wildman–Crippen LogP) is 3.90. The lowest BCUT2D eigenvalue weighted by Crippen LogP contribution is -2.00. The van der Waals surface area contributed by atoms with E-state index in [4.69, 9.17) is 5.73 Å². The molecule has 1 fully saturated rings. The Morgan fingerprint density at radius 3 is 2.67 bits per heavy atom. The van der Waals surface area contributed by atoms with Gasteiger partial charge in [0.1, 0.15) is 17.5 Å². The predicted molar refractivity (Wildman–Crippen MR) is 77.8 cm³/mol. The Balaban J connectivity index is 2.04. The summed E-state index contributed by atoms with van der Waals surface area (Å²) >= 11 is 0. The topological polar surface area (TPSA) is 43.8 Å². The van der Waals surface area contributed by atoms with Gasteiger partial charge in [0.2, 0.25) is 0 Å². The molecule has 2 N–H and O–H groups in total. The Labute approximate surface area is 120 Å². The number of benzene rings is 2. The van der Waals surface area contributed by atoms with E-state index in [0.717, 1.165) is 12.8 Å². The van der Waals surface area contributed by atoms with Crippen molar-refractivity contribution < 1.29 is 8.78 Å². The van der Waals surface area contributed by atoms with E-state index in [1.54, 1.807) is 12.1 Å². The first-order valence-electron chi connectivity index (χ1n) is 6.86. The molecule has 3 nitrogen and oxygen atoms in total. The second-order valence-electron chi connectivity index (χ2n) is 5.41. The van der Waals surface area contributed by atoms with Crippen LogP contribution in [-0.2, 0) is 0 Å². The van der Waals surface area contributed by atoms with Gasteiger partial charge in [0.25, 0.3) is 0 Å². The van der Waals surface area contributed by atoms with Gasteiger partial charge in [-0.1, -0.05) is 0 Å². The lowest BCUT2D eigenvalue weighted by molar-refractivity contribution is 0.626. The fraction of sp³-hybridized carbons (Fsp3) is 0.188. The van der Waals surface area contributed by atoms with Crippen LogP contribution in [-0.4, -0.2) is 9.55 Å². The van der Waals surface area contributed by atoms with E-state index in [-0.39, 0.29) is 17.7 Å². The zero-order valence-corrected chi connectivity index (χ0v) is 11.2. The van der Waals surface area contributed by atoms with Crippen molar-refractivity contribution in [3.63, 3.8) is 0 Å². The Kier molecular flexibility index (Phi) is 2.51. The monoisotopic (exact) mass is 285 g/mol. The van der Waals surface area contributed by atoms with E-state index in [0.29, 0.717) is 28.1 Å². The first-order valence-corrected chi connectivity index (χ1v) is 6.86. The fourth-order valence-electron chi connectivity index (χ4n) is 2.67.